The van der Waals surface area contributed by atoms with E-state index in [9.17, 15) is 0 Å². The van der Waals surface area contributed by atoms with Crippen LogP contribution in [0.25, 0.3) is 140 Å². The van der Waals surface area contributed by atoms with Crippen molar-refractivity contribution >= 4 is 107 Å². The summed E-state index contributed by atoms with van der Waals surface area (Å²) in [7, 11) is 0. The molecule has 0 aliphatic rings. The summed E-state index contributed by atoms with van der Waals surface area (Å²) in [5.41, 5.74) is 10.0. The lowest BCUT2D eigenvalue weighted by Crippen LogP contribution is -1.92. The van der Waals surface area contributed by atoms with Gasteiger partial charge in [-0.1, -0.05) is 206 Å². The Morgan fingerprint density at radius 2 is 0.462 bits per heavy atom. The molecule has 65 heavy (non-hydrogen) atoms. The molecule has 14 rings (SSSR count). The molecule has 0 saturated heterocycles. The predicted octanol–water partition coefficient (Wildman–Crippen LogP) is 18.8. The van der Waals surface area contributed by atoms with E-state index in [1.807, 2.05) is 11.3 Å². The Kier molecular flexibility index (Phi) is 7.95. The average Bonchev–Trinajstić information content (AvgIpc) is 3.74. The molecule has 13 aromatic carbocycles. The van der Waals surface area contributed by atoms with Crippen LogP contribution in [0, 0.1) is 0 Å². The summed E-state index contributed by atoms with van der Waals surface area (Å²) >= 11 is 1.90. The van der Waals surface area contributed by atoms with Crippen molar-refractivity contribution in [3.8, 4) is 44.5 Å². The highest BCUT2D eigenvalue weighted by atomic mass is 32.1. The first-order valence-corrected chi connectivity index (χ1v) is 23.3. The molecular weight excluding hydrogens is 801 g/mol. The summed E-state index contributed by atoms with van der Waals surface area (Å²) < 4.78 is 2.64. The molecule has 1 heteroatoms. The van der Waals surface area contributed by atoms with Crippen molar-refractivity contribution in [3.05, 3.63) is 231 Å². The van der Waals surface area contributed by atoms with Crippen LogP contribution in [0.1, 0.15) is 0 Å². The highest BCUT2D eigenvalue weighted by Crippen LogP contribution is 2.48. The number of rotatable bonds is 4. The summed E-state index contributed by atoms with van der Waals surface area (Å²) in [6, 6.07) is 86.0. The Morgan fingerprint density at radius 3 is 0.877 bits per heavy atom. The molecule has 1 aromatic heterocycles. The van der Waals surface area contributed by atoms with E-state index >= 15 is 0 Å². The Balaban J connectivity index is 0.954. The highest BCUT2D eigenvalue weighted by Gasteiger charge is 2.20. The van der Waals surface area contributed by atoms with Gasteiger partial charge in [0, 0.05) is 20.2 Å². The van der Waals surface area contributed by atoms with Crippen molar-refractivity contribution in [2.24, 2.45) is 0 Å². The molecule has 1 heterocycles. The minimum Gasteiger partial charge on any atom is -0.135 e. The van der Waals surface area contributed by atoms with Crippen LogP contribution in [-0.4, -0.2) is 0 Å². The molecule has 0 saturated carbocycles. The fourth-order valence-electron chi connectivity index (χ4n) is 11.2. The standard InChI is InChI=1S/C64H38S/c1-2-16-39(17-3-1)61-47-22-8-10-24-49(47)62(50-25-11-9-23-48(50)61)40-30-32-41(33-31-40)63-51-26-12-14-28-53(51)64(54-29-15-13-27-52(54)63)42-34-35-59-57(36-42)58-37-55-45-20-6-4-18-43(45)44-19-5-7-21-46(44)56(55)38-60(58)65-59/h1-38H. The summed E-state index contributed by atoms with van der Waals surface area (Å²) in [4.78, 5) is 0. The summed E-state index contributed by atoms with van der Waals surface area (Å²) in [6.45, 7) is 0. The van der Waals surface area contributed by atoms with E-state index in [4.69, 9.17) is 0 Å². The van der Waals surface area contributed by atoms with Gasteiger partial charge in [0.15, 0.2) is 0 Å². The predicted molar refractivity (Wildman–Crippen MR) is 284 cm³/mol. The van der Waals surface area contributed by atoms with Gasteiger partial charge in [-0.15, -0.1) is 11.3 Å². The maximum atomic E-state index is 2.47. The van der Waals surface area contributed by atoms with Gasteiger partial charge in [0.2, 0.25) is 0 Å². The van der Waals surface area contributed by atoms with E-state index < -0.39 is 0 Å². The van der Waals surface area contributed by atoms with Gasteiger partial charge in [0.1, 0.15) is 0 Å². The van der Waals surface area contributed by atoms with Crippen LogP contribution in [0.3, 0.4) is 0 Å². The van der Waals surface area contributed by atoms with E-state index in [0.29, 0.717) is 0 Å². The molecule has 0 aliphatic carbocycles. The molecule has 0 atom stereocenters. The SMILES string of the molecule is c1ccc(-c2c3ccccc3c(-c3ccc(-c4c5ccccc5c(-c5ccc6sc7cc8c9ccccc9c9ccccc9c8cc7c6c5)c5ccccc45)cc3)c3ccccc23)cc1. The van der Waals surface area contributed by atoms with Crippen LogP contribution in [0.5, 0.6) is 0 Å². The molecule has 300 valence electrons. The molecule has 14 aromatic rings. The van der Waals surface area contributed by atoms with Gasteiger partial charge in [0.05, 0.1) is 0 Å². The van der Waals surface area contributed by atoms with Gasteiger partial charge in [-0.3, -0.25) is 0 Å². The van der Waals surface area contributed by atoms with Crippen LogP contribution in [0.15, 0.2) is 231 Å². The molecule has 0 spiro atoms. The second-order valence-corrected chi connectivity index (χ2v) is 18.5. The lowest BCUT2D eigenvalue weighted by atomic mass is 9.84. The van der Waals surface area contributed by atoms with Crippen LogP contribution in [0.4, 0.5) is 0 Å². The fraction of sp³-hybridized carbons (Fsp3) is 0. The van der Waals surface area contributed by atoms with E-state index in [-0.39, 0.29) is 0 Å². The molecule has 0 nitrogen and oxygen atoms in total. The third-order valence-electron chi connectivity index (χ3n) is 14.0. The first-order chi connectivity index (χ1) is 32.3. The zero-order valence-corrected chi connectivity index (χ0v) is 36.2. The van der Waals surface area contributed by atoms with E-state index in [1.165, 1.54) is 140 Å². The minimum absolute atomic E-state index is 1.22. The maximum absolute atomic E-state index is 2.47. The van der Waals surface area contributed by atoms with Crippen LogP contribution in [0.2, 0.25) is 0 Å². The van der Waals surface area contributed by atoms with E-state index in [0.717, 1.165) is 0 Å². The van der Waals surface area contributed by atoms with Crippen molar-refractivity contribution in [3.63, 3.8) is 0 Å². The Bertz CT molecular complexity index is 4150. The van der Waals surface area contributed by atoms with Gasteiger partial charge in [0.25, 0.3) is 0 Å². The number of fused-ring (bicyclic) bond motifs is 13. The molecule has 0 aliphatic heterocycles. The van der Waals surface area contributed by atoms with Crippen molar-refractivity contribution in [1.82, 2.24) is 0 Å². The Labute approximate surface area is 379 Å². The van der Waals surface area contributed by atoms with E-state index in [1.54, 1.807) is 0 Å². The maximum Gasteiger partial charge on any atom is 0.0362 e. The molecule has 0 amide bonds. The molecule has 0 unspecified atom stereocenters. The summed E-state index contributed by atoms with van der Waals surface area (Å²) in [6.07, 6.45) is 0. The van der Waals surface area contributed by atoms with Gasteiger partial charge in [-0.2, -0.15) is 0 Å². The largest absolute Gasteiger partial charge is 0.135 e. The lowest BCUT2D eigenvalue weighted by Gasteiger charge is -2.19. The number of benzene rings is 13. The second-order valence-electron chi connectivity index (χ2n) is 17.4. The number of hydrogen-bond acceptors (Lipinski definition) is 1. The molecule has 0 fully saturated rings. The Morgan fingerprint density at radius 1 is 0.169 bits per heavy atom. The van der Waals surface area contributed by atoms with Gasteiger partial charge in [-0.05, 0) is 144 Å². The lowest BCUT2D eigenvalue weighted by molar-refractivity contribution is 1.64. The number of thiophene rings is 1. The minimum atomic E-state index is 1.22. The topological polar surface area (TPSA) is 0 Å². The monoisotopic (exact) mass is 838 g/mol. The molecule has 0 radical (unpaired) electrons. The van der Waals surface area contributed by atoms with Crippen molar-refractivity contribution in [1.29, 1.82) is 0 Å². The number of hydrogen-bond donors (Lipinski definition) is 0. The molecular formula is C64H38S. The average molecular weight is 839 g/mol. The first kappa shape index (κ1) is 36.4. The van der Waals surface area contributed by atoms with Crippen molar-refractivity contribution in [2.45, 2.75) is 0 Å². The molecule has 0 bridgehead atoms. The van der Waals surface area contributed by atoms with Gasteiger partial charge < -0.3 is 0 Å². The summed E-state index contributed by atoms with van der Waals surface area (Å²) in [5.74, 6) is 0. The quantitative estimate of drug-likeness (QED) is 0.122. The highest BCUT2D eigenvalue weighted by molar-refractivity contribution is 7.25. The van der Waals surface area contributed by atoms with Gasteiger partial charge >= 0.3 is 0 Å². The first-order valence-electron chi connectivity index (χ1n) is 22.5. The smallest absolute Gasteiger partial charge is 0.0362 e. The van der Waals surface area contributed by atoms with Crippen LogP contribution < -0.4 is 0 Å². The van der Waals surface area contributed by atoms with E-state index in [2.05, 4.69) is 231 Å². The third-order valence-corrected chi connectivity index (χ3v) is 15.1. The normalized spacial score (nSPS) is 12.0. The van der Waals surface area contributed by atoms with Crippen LogP contribution >= 0.6 is 11.3 Å². The van der Waals surface area contributed by atoms with Crippen molar-refractivity contribution in [2.75, 3.05) is 0 Å². The molecule has 0 N–H and O–H groups in total. The second kappa shape index (κ2) is 14.2. The van der Waals surface area contributed by atoms with Crippen molar-refractivity contribution < 1.29 is 0 Å². The fourth-order valence-corrected chi connectivity index (χ4v) is 12.3. The zero-order valence-electron chi connectivity index (χ0n) is 35.3. The van der Waals surface area contributed by atoms with Crippen LogP contribution in [-0.2, 0) is 0 Å². The summed E-state index contributed by atoms with van der Waals surface area (Å²) in [5, 5.41) is 20.6. The Hall–Kier alpha value is -8.10. The van der Waals surface area contributed by atoms with Gasteiger partial charge in [-0.25, -0.2) is 0 Å². The third kappa shape index (κ3) is 5.43. The zero-order chi connectivity index (χ0) is 42.6.